The van der Waals surface area contributed by atoms with Gasteiger partial charge >= 0.3 is 17.9 Å². The SMILES string of the molecule is CCCCCCCCCCCCCCCCCCCCCC(=O)O[C@H](COC(=O)CCCCCCCCCCCCCCCC(C)C)COC(=O)CCCCCCCCC(C)CC. The van der Waals surface area contributed by atoms with Gasteiger partial charge < -0.3 is 14.2 Å². The third kappa shape index (κ3) is 49.7. The molecule has 0 radical (unpaired) electrons. The molecule has 0 rings (SSSR count). The van der Waals surface area contributed by atoms with Crippen molar-refractivity contribution >= 4 is 17.9 Å². The predicted octanol–water partition coefficient (Wildman–Crippen LogP) is 18.5. The van der Waals surface area contributed by atoms with Gasteiger partial charge in [0.2, 0.25) is 0 Å². The van der Waals surface area contributed by atoms with E-state index in [2.05, 4.69) is 34.6 Å². The molecule has 0 N–H and O–H groups in total. The van der Waals surface area contributed by atoms with Gasteiger partial charge in [-0.15, -0.1) is 0 Å². The molecule has 0 saturated carbocycles. The van der Waals surface area contributed by atoms with E-state index in [9.17, 15) is 14.4 Å². The maximum absolute atomic E-state index is 12.8. The zero-order valence-corrected chi connectivity index (χ0v) is 43.2. The molecule has 0 fully saturated rings. The van der Waals surface area contributed by atoms with Gasteiger partial charge in [0.25, 0.3) is 0 Å². The predicted molar refractivity (Wildman–Crippen MR) is 270 cm³/mol. The van der Waals surface area contributed by atoms with Gasteiger partial charge in [0.15, 0.2) is 6.10 Å². The maximum Gasteiger partial charge on any atom is 0.306 e. The minimum atomic E-state index is -0.763. The number of carbonyl (C=O) groups is 3. The molecule has 6 nitrogen and oxygen atoms in total. The molecule has 0 aliphatic rings. The van der Waals surface area contributed by atoms with Gasteiger partial charge in [-0.3, -0.25) is 14.4 Å². The van der Waals surface area contributed by atoms with Crippen molar-refractivity contribution in [1.82, 2.24) is 0 Å². The topological polar surface area (TPSA) is 78.9 Å². The molecule has 0 bridgehead atoms. The normalized spacial score (nSPS) is 12.5. The number of esters is 3. The third-order valence-corrected chi connectivity index (χ3v) is 13.3. The van der Waals surface area contributed by atoms with Crippen LogP contribution in [0.3, 0.4) is 0 Å². The van der Waals surface area contributed by atoms with Gasteiger partial charge in [-0.2, -0.15) is 0 Å². The van der Waals surface area contributed by atoms with Crippen LogP contribution in [0.1, 0.15) is 317 Å². The summed E-state index contributed by atoms with van der Waals surface area (Å²) in [6.07, 6.45) is 52.4. The molecular weight excluding hydrogens is 781 g/mol. The Hall–Kier alpha value is -1.59. The zero-order chi connectivity index (χ0) is 46.1. The van der Waals surface area contributed by atoms with Crippen molar-refractivity contribution < 1.29 is 28.6 Å². The summed E-state index contributed by atoms with van der Waals surface area (Å²) in [5.41, 5.74) is 0. The second kappa shape index (κ2) is 49.8. The highest BCUT2D eigenvalue weighted by atomic mass is 16.6. The number of rotatable bonds is 51. The maximum atomic E-state index is 12.8. The van der Waals surface area contributed by atoms with E-state index < -0.39 is 6.10 Å². The molecule has 0 saturated heterocycles. The quantitative estimate of drug-likeness (QED) is 0.0344. The van der Waals surface area contributed by atoms with Gasteiger partial charge in [0.05, 0.1) is 0 Å². The van der Waals surface area contributed by atoms with E-state index in [-0.39, 0.29) is 31.1 Å². The summed E-state index contributed by atoms with van der Waals surface area (Å²) in [5.74, 6) is 0.808. The lowest BCUT2D eigenvalue weighted by atomic mass is 10.00. The van der Waals surface area contributed by atoms with Crippen LogP contribution in [-0.4, -0.2) is 37.2 Å². The van der Waals surface area contributed by atoms with Crippen molar-refractivity contribution in [3.8, 4) is 0 Å². The Morgan fingerprint density at radius 3 is 0.905 bits per heavy atom. The van der Waals surface area contributed by atoms with E-state index in [1.54, 1.807) is 0 Å². The van der Waals surface area contributed by atoms with E-state index in [0.29, 0.717) is 19.3 Å². The van der Waals surface area contributed by atoms with Gasteiger partial charge in [-0.05, 0) is 31.1 Å². The first-order valence-corrected chi connectivity index (χ1v) is 28.3. The Bertz CT molecular complexity index is 964. The molecule has 0 aliphatic carbocycles. The molecule has 374 valence electrons. The summed E-state index contributed by atoms with van der Waals surface area (Å²) in [6, 6.07) is 0. The van der Waals surface area contributed by atoms with Crippen molar-refractivity contribution in [2.24, 2.45) is 11.8 Å². The van der Waals surface area contributed by atoms with Gasteiger partial charge in [0.1, 0.15) is 13.2 Å². The van der Waals surface area contributed by atoms with Crippen molar-refractivity contribution in [1.29, 1.82) is 0 Å². The number of ether oxygens (including phenoxy) is 3. The first-order valence-electron chi connectivity index (χ1n) is 28.3. The smallest absolute Gasteiger partial charge is 0.306 e. The second-order valence-electron chi connectivity index (χ2n) is 20.3. The van der Waals surface area contributed by atoms with E-state index >= 15 is 0 Å². The largest absolute Gasteiger partial charge is 0.462 e. The Morgan fingerprint density at radius 1 is 0.333 bits per heavy atom. The van der Waals surface area contributed by atoms with Gasteiger partial charge in [-0.1, -0.05) is 279 Å². The van der Waals surface area contributed by atoms with Crippen LogP contribution in [0.15, 0.2) is 0 Å². The second-order valence-corrected chi connectivity index (χ2v) is 20.3. The summed E-state index contributed by atoms with van der Waals surface area (Å²) in [5, 5.41) is 0. The molecule has 2 atom stereocenters. The molecule has 0 heterocycles. The van der Waals surface area contributed by atoms with Crippen LogP contribution in [0.4, 0.5) is 0 Å². The molecule has 0 amide bonds. The Kier molecular flexibility index (Phi) is 48.6. The molecule has 0 spiro atoms. The number of unbranched alkanes of at least 4 members (excludes halogenated alkanes) is 35. The Morgan fingerprint density at radius 2 is 0.603 bits per heavy atom. The third-order valence-electron chi connectivity index (χ3n) is 13.3. The van der Waals surface area contributed by atoms with Crippen LogP contribution in [0.5, 0.6) is 0 Å². The fraction of sp³-hybridized carbons (Fsp3) is 0.947. The average molecular weight is 892 g/mol. The summed E-state index contributed by atoms with van der Waals surface area (Å²) in [4.78, 5) is 38.0. The molecule has 0 aromatic rings. The van der Waals surface area contributed by atoms with Crippen LogP contribution < -0.4 is 0 Å². The summed E-state index contributed by atoms with van der Waals surface area (Å²) < 4.78 is 16.9. The molecule has 0 aromatic carbocycles. The lowest BCUT2D eigenvalue weighted by Gasteiger charge is -2.18. The molecular formula is C57H110O6. The van der Waals surface area contributed by atoms with E-state index in [1.165, 1.54) is 205 Å². The minimum Gasteiger partial charge on any atom is -0.462 e. The fourth-order valence-corrected chi connectivity index (χ4v) is 8.66. The van der Waals surface area contributed by atoms with Gasteiger partial charge in [0, 0.05) is 19.3 Å². The first kappa shape index (κ1) is 61.4. The van der Waals surface area contributed by atoms with E-state index in [4.69, 9.17) is 14.2 Å². The monoisotopic (exact) mass is 891 g/mol. The molecule has 6 heteroatoms. The van der Waals surface area contributed by atoms with Crippen molar-refractivity contribution in [3.63, 3.8) is 0 Å². The Balaban J connectivity index is 4.25. The first-order chi connectivity index (χ1) is 30.8. The molecule has 63 heavy (non-hydrogen) atoms. The van der Waals surface area contributed by atoms with Crippen LogP contribution >= 0.6 is 0 Å². The molecule has 1 unspecified atom stereocenters. The molecule has 0 aromatic heterocycles. The van der Waals surface area contributed by atoms with E-state index in [1.807, 2.05) is 0 Å². The van der Waals surface area contributed by atoms with Crippen molar-refractivity contribution in [2.75, 3.05) is 13.2 Å². The minimum absolute atomic E-state index is 0.0638. The molecule has 0 aliphatic heterocycles. The highest BCUT2D eigenvalue weighted by molar-refractivity contribution is 5.71. The summed E-state index contributed by atoms with van der Waals surface area (Å²) in [7, 11) is 0. The number of hydrogen-bond donors (Lipinski definition) is 0. The lowest BCUT2D eigenvalue weighted by molar-refractivity contribution is -0.167. The number of hydrogen-bond acceptors (Lipinski definition) is 6. The number of carbonyl (C=O) groups excluding carboxylic acids is 3. The van der Waals surface area contributed by atoms with Gasteiger partial charge in [-0.25, -0.2) is 0 Å². The van der Waals surface area contributed by atoms with Crippen molar-refractivity contribution in [3.05, 3.63) is 0 Å². The van der Waals surface area contributed by atoms with Crippen molar-refractivity contribution in [2.45, 2.75) is 323 Å². The Labute approximate surface area is 393 Å². The van der Waals surface area contributed by atoms with Crippen LogP contribution in [0, 0.1) is 11.8 Å². The average Bonchev–Trinajstić information content (AvgIpc) is 3.27. The highest BCUT2D eigenvalue weighted by Gasteiger charge is 2.19. The lowest BCUT2D eigenvalue weighted by Crippen LogP contribution is -2.30. The van der Waals surface area contributed by atoms with Crippen LogP contribution in [0.2, 0.25) is 0 Å². The standard InChI is InChI=1S/C57H110O6/c1-6-8-9-10-11-12-13-14-15-16-17-18-19-22-26-29-32-39-44-49-57(60)63-54(51-62-56(59)48-43-38-34-33-36-41-46-53(5)7-2)50-61-55(58)47-42-37-31-28-25-23-20-21-24-27-30-35-40-45-52(3)4/h52-54H,6-51H2,1-5H3/t53?,54-/m1/s1. The fourth-order valence-electron chi connectivity index (χ4n) is 8.66. The van der Waals surface area contributed by atoms with Crippen LogP contribution in [0.25, 0.3) is 0 Å². The summed E-state index contributed by atoms with van der Waals surface area (Å²) >= 11 is 0. The summed E-state index contributed by atoms with van der Waals surface area (Å²) in [6.45, 7) is 11.4. The highest BCUT2D eigenvalue weighted by Crippen LogP contribution is 2.18. The van der Waals surface area contributed by atoms with Crippen LogP contribution in [-0.2, 0) is 28.6 Å². The zero-order valence-electron chi connectivity index (χ0n) is 43.2. The van der Waals surface area contributed by atoms with E-state index in [0.717, 1.165) is 69.6 Å².